The van der Waals surface area contributed by atoms with Crippen LogP contribution in [0.5, 0.6) is 5.75 Å². The third-order valence-corrected chi connectivity index (χ3v) is 3.11. The lowest BCUT2D eigenvalue weighted by Gasteiger charge is -2.13. The van der Waals surface area contributed by atoms with Gasteiger partial charge in [0.15, 0.2) is 5.96 Å². The zero-order valence-corrected chi connectivity index (χ0v) is 13.7. The van der Waals surface area contributed by atoms with Crippen LogP contribution in [-0.2, 0) is 13.1 Å². The van der Waals surface area contributed by atoms with E-state index in [4.69, 9.17) is 0 Å². The number of nitrogens with zero attached hydrogens (tertiary/aromatic N) is 2. The standard InChI is InChI=1S/C17H19F3N4O/c1-2-21-16(24-12-14-8-5-6-10-22-14)23-11-13-7-3-4-9-15(13)25-17(18,19)20/h3-10H,2,11-12H2,1H3,(H2,21,23,24). The maximum absolute atomic E-state index is 12.5. The van der Waals surface area contributed by atoms with Gasteiger partial charge in [0.05, 0.1) is 18.8 Å². The molecule has 25 heavy (non-hydrogen) atoms. The van der Waals surface area contributed by atoms with Crippen molar-refractivity contribution < 1.29 is 17.9 Å². The van der Waals surface area contributed by atoms with E-state index >= 15 is 0 Å². The molecule has 0 saturated heterocycles. The fraction of sp³-hybridized carbons (Fsp3) is 0.294. The molecule has 1 aromatic carbocycles. The summed E-state index contributed by atoms with van der Waals surface area (Å²) < 4.78 is 41.4. The second-order valence-electron chi connectivity index (χ2n) is 5.03. The maximum atomic E-state index is 12.5. The van der Waals surface area contributed by atoms with Crippen molar-refractivity contribution in [3.05, 3.63) is 59.9 Å². The summed E-state index contributed by atoms with van der Waals surface area (Å²) in [6, 6.07) is 11.5. The molecule has 8 heteroatoms. The summed E-state index contributed by atoms with van der Waals surface area (Å²) in [5.74, 6) is 0.231. The van der Waals surface area contributed by atoms with E-state index in [2.05, 4.69) is 25.3 Å². The van der Waals surface area contributed by atoms with Gasteiger partial charge in [-0.2, -0.15) is 0 Å². The Bertz CT molecular complexity index is 690. The van der Waals surface area contributed by atoms with Gasteiger partial charge in [0, 0.05) is 18.3 Å². The third-order valence-electron chi connectivity index (χ3n) is 3.11. The molecular weight excluding hydrogens is 333 g/mol. The number of ether oxygens (including phenoxy) is 1. The summed E-state index contributed by atoms with van der Waals surface area (Å²) in [7, 11) is 0. The maximum Gasteiger partial charge on any atom is 0.573 e. The van der Waals surface area contributed by atoms with E-state index in [1.807, 2.05) is 25.1 Å². The molecule has 0 radical (unpaired) electrons. The van der Waals surface area contributed by atoms with E-state index < -0.39 is 6.36 Å². The molecule has 2 N–H and O–H groups in total. The largest absolute Gasteiger partial charge is 0.573 e. The number of halogens is 3. The van der Waals surface area contributed by atoms with E-state index in [1.54, 1.807) is 18.3 Å². The normalized spacial score (nSPS) is 11.9. The van der Waals surface area contributed by atoms with Crippen molar-refractivity contribution in [3.8, 4) is 5.75 Å². The summed E-state index contributed by atoms with van der Waals surface area (Å²) in [6.45, 7) is 3.02. The highest BCUT2D eigenvalue weighted by Gasteiger charge is 2.31. The highest BCUT2D eigenvalue weighted by Crippen LogP contribution is 2.26. The van der Waals surface area contributed by atoms with E-state index in [-0.39, 0.29) is 12.3 Å². The number of nitrogens with one attached hydrogen (secondary N) is 2. The highest BCUT2D eigenvalue weighted by molar-refractivity contribution is 5.79. The minimum absolute atomic E-state index is 0.0454. The van der Waals surface area contributed by atoms with Crippen molar-refractivity contribution in [1.82, 2.24) is 15.6 Å². The lowest BCUT2D eigenvalue weighted by molar-refractivity contribution is -0.274. The van der Waals surface area contributed by atoms with Gasteiger partial charge in [0.25, 0.3) is 0 Å². The average Bonchev–Trinajstić information content (AvgIpc) is 2.58. The van der Waals surface area contributed by atoms with Crippen LogP contribution in [-0.4, -0.2) is 23.9 Å². The molecule has 2 rings (SSSR count). The van der Waals surface area contributed by atoms with E-state index in [1.165, 1.54) is 12.1 Å². The number of aromatic nitrogens is 1. The molecule has 2 aromatic rings. The Labute approximate surface area is 144 Å². The number of alkyl halides is 3. The van der Waals surface area contributed by atoms with Crippen molar-refractivity contribution in [2.45, 2.75) is 26.4 Å². The molecule has 5 nitrogen and oxygen atoms in total. The first-order valence-electron chi connectivity index (χ1n) is 7.73. The van der Waals surface area contributed by atoms with Crippen molar-refractivity contribution in [2.75, 3.05) is 6.54 Å². The van der Waals surface area contributed by atoms with Crippen LogP contribution < -0.4 is 15.4 Å². The first-order chi connectivity index (χ1) is 12.0. The molecule has 0 unspecified atom stereocenters. The van der Waals surface area contributed by atoms with Crippen LogP contribution >= 0.6 is 0 Å². The van der Waals surface area contributed by atoms with E-state index in [0.29, 0.717) is 24.6 Å². The van der Waals surface area contributed by atoms with Gasteiger partial charge < -0.3 is 15.4 Å². The molecule has 0 aliphatic heterocycles. The summed E-state index contributed by atoms with van der Waals surface area (Å²) in [5, 5.41) is 6.13. The average molecular weight is 352 g/mol. The lowest BCUT2D eigenvalue weighted by atomic mass is 10.2. The predicted molar refractivity (Wildman–Crippen MR) is 89.0 cm³/mol. The molecule has 0 aliphatic rings. The molecule has 0 saturated carbocycles. The lowest BCUT2D eigenvalue weighted by Crippen LogP contribution is -2.37. The molecule has 1 heterocycles. The molecule has 0 amide bonds. The minimum atomic E-state index is -4.73. The summed E-state index contributed by atoms with van der Waals surface area (Å²) in [6.07, 6.45) is -3.05. The monoisotopic (exact) mass is 352 g/mol. The van der Waals surface area contributed by atoms with E-state index in [0.717, 1.165) is 5.69 Å². The van der Waals surface area contributed by atoms with Crippen molar-refractivity contribution in [2.24, 2.45) is 4.99 Å². The van der Waals surface area contributed by atoms with Crippen LogP contribution in [0.4, 0.5) is 13.2 Å². The summed E-state index contributed by atoms with van der Waals surface area (Å²) in [5.41, 5.74) is 1.17. The zero-order chi connectivity index (χ0) is 18.1. The van der Waals surface area contributed by atoms with Gasteiger partial charge >= 0.3 is 6.36 Å². The van der Waals surface area contributed by atoms with Gasteiger partial charge in [-0.05, 0) is 25.1 Å². The first-order valence-corrected chi connectivity index (χ1v) is 7.73. The Balaban J connectivity index is 2.05. The van der Waals surface area contributed by atoms with Crippen LogP contribution in [0.1, 0.15) is 18.2 Å². The van der Waals surface area contributed by atoms with Gasteiger partial charge in [-0.1, -0.05) is 24.3 Å². The fourth-order valence-corrected chi connectivity index (χ4v) is 2.04. The Morgan fingerprint density at radius 1 is 1.12 bits per heavy atom. The quantitative estimate of drug-likeness (QED) is 0.619. The molecule has 0 fully saturated rings. The van der Waals surface area contributed by atoms with Crippen molar-refractivity contribution in [3.63, 3.8) is 0 Å². The van der Waals surface area contributed by atoms with Gasteiger partial charge in [0.1, 0.15) is 5.75 Å². The van der Waals surface area contributed by atoms with Crippen molar-refractivity contribution >= 4 is 5.96 Å². The van der Waals surface area contributed by atoms with Crippen LogP contribution in [0.3, 0.4) is 0 Å². The Morgan fingerprint density at radius 2 is 1.88 bits per heavy atom. The SMILES string of the molecule is CCNC(=NCc1ccccc1OC(F)(F)F)NCc1ccccn1. The summed E-state index contributed by atoms with van der Waals surface area (Å²) in [4.78, 5) is 8.50. The molecular formula is C17H19F3N4O. The predicted octanol–water partition coefficient (Wildman–Crippen LogP) is 3.24. The molecule has 0 aliphatic carbocycles. The van der Waals surface area contributed by atoms with Gasteiger partial charge in [-0.3, -0.25) is 4.98 Å². The molecule has 0 bridgehead atoms. The first kappa shape index (κ1) is 18.6. The summed E-state index contributed by atoms with van der Waals surface area (Å²) >= 11 is 0. The van der Waals surface area contributed by atoms with Crippen LogP contribution in [0.25, 0.3) is 0 Å². The van der Waals surface area contributed by atoms with Gasteiger partial charge in [-0.25, -0.2) is 4.99 Å². The topological polar surface area (TPSA) is 58.5 Å². The smallest absolute Gasteiger partial charge is 0.405 e. The number of benzene rings is 1. The number of hydrogen-bond donors (Lipinski definition) is 2. The number of para-hydroxylation sites is 1. The Hall–Kier alpha value is -2.77. The van der Waals surface area contributed by atoms with Gasteiger partial charge in [0.2, 0.25) is 0 Å². The van der Waals surface area contributed by atoms with Crippen LogP contribution in [0, 0.1) is 0 Å². The molecule has 1 aromatic heterocycles. The number of hydrogen-bond acceptors (Lipinski definition) is 3. The second kappa shape index (κ2) is 8.91. The minimum Gasteiger partial charge on any atom is -0.405 e. The Morgan fingerprint density at radius 3 is 2.56 bits per heavy atom. The number of rotatable bonds is 6. The molecule has 134 valence electrons. The molecule has 0 atom stereocenters. The number of guanidine groups is 1. The number of pyridine rings is 1. The van der Waals surface area contributed by atoms with Gasteiger partial charge in [-0.15, -0.1) is 13.2 Å². The number of aliphatic imine (C=N–C) groups is 1. The second-order valence-corrected chi connectivity index (χ2v) is 5.03. The zero-order valence-electron chi connectivity index (χ0n) is 13.7. The fourth-order valence-electron chi connectivity index (χ4n) is 2.04. The van der Waals surface area contributed by atoms with Crippen LogP contribution in [0.15, 0.2) is 53.7 Å². The highest BCUT2D eigenvalue weighted by atomic mass is 19.4. The van der Waals surface area contributed by atoms with Crippen molar-refractivity contribution in [1.29, 1.82) is 0 Å². The molecule has 0 spiro atoms. The van der Waals surface area contributed by atoms with E-state index in [9.17, 15) is 13.2 Å². The Kier molecular flexibility index (Phi) is 6.62. The van der Waals surface area contributed by atoms with Crippen LogP contribution in [0.2, 0.25) is 0 Å². The third kappa shape index (κ3) is 6.70.